The molecule has 0 unspecified atom stereocenters. The molecule has 1 N–H and O–H groups in total. The third-order valence-electron chi connectivity index (χ3n) is 4.17. The Hall–Kier alpha value is -2.53. The van der Waals surface area contributed by atoms with Crippen molar-refractivity contribution < 1.29 is 14.3 Å². The number of anilines is 2. The molecule has 0 saturated carbocycles. The number of amides is 2. The van der Waals surface area contributed by atoms with E-state index in [1.165, 1.54) is 4.90 Å². The Labute approximate surface area is 157 Å². The molecule has 2 aromatic rings. The lowest BCUT2D eigenvalue weighted by Crippen LogP contribution is -2.43. The van der Waals surface area contributed by atoms with Crippen LogP contribution in [-0.4, -0.2) is 25.0 Å². The third-order valence-corrected chi connectivity index (χ3v) is 4.41. The summed E-state index contributed by atoms with van der Waals surface area (Å²) in [5.74, 6) is -0.0150. The summed E-state index contributed by atoms with van der Waals surface area (Å²) in [5, 5.41) is 3.40. The molecule has 0 spiro atoms. The molecule has 0 aliphatic carbocycles. The zero-order chi connectivity index (χ0) is 18.9. The third kappa shape index (κ3) is 3.83. The Bertz CT molecular complexity index is 858. The second-order valence-corrected chi connectivity index (χ2v) is 7.66. The zero-order valence-corrected chi connectivity index (χ0v) is 15.8. The maximum atomic E-state index is 12.6. The predicted molar refractivity (Wildman–Crippen MR) is 103 cm³/mol. The normalized spacial score (nSPS) is 13.8. The van der Waals surface area contributed by atoms with Crippen LogP contribution < -0.4 is 15.0 Å². The van der Waals surface area contributed by atoms with Crippen molar-refractivity contribution in [3.8, 4) is 5.75 Å². The first-order chi connectivity index (χ1) is 12.3. The molecule has 0 bridgehead atoms. The van der Waals surface area contributed by atoms with E-state index in [-0.39, 0.29) is 30.4 Å². The molecule has 1 aliphatic rings. The molecule has 26 heavy (non-hydrogen) atoms. The van der Waals surface area contributed by atoms with E-state index < -0.39 is 0 Å². The highest BCUT2D eigenvalue weighted by atomic mass is 35.5. The van der Waals surface area contributed by atoms with Gasteiger partial charge < -0.3 is 10.1 Å². The lowest BCUT2D eigenvalue weighted by atomic mass is 9.86. The Morgan fingerprint density at radius 1 is 1.23 bits per heavy atom. The highest BCUT2D eigenvalue weighted by Crippen LogP contribution is 2.34. The summed E-state index contributed by atoms with van der Waals surface area (Å²) in [5.41, 5.74) is 2.17. The van der Waals surface area contributed by atoms with E-state index in [4.69, 9.17) is 16.3 Å². The summed E-state index contributed by atoms with van der Waals surface area (Å²) in [4.78, 5) is 26.3. The van der Waals surface area contributed by atoms with Crippen LogP contribution in [0.5, 0.6) is 5.75 Å². The van der Waals surface area contributed by atoms with Crippen molar-refractivity contribution in [2.24, 2.45) is 0 Å². The minimum atomic E-state index is -0.279. The van der Waals surface area contributed by atoms with Gasteiger partial charge in [0.2, 0.25) is 5.91 Å². The van der Waals surface area contributed by atoms with Gasteiger partial charge in [0.25, 0.3) is 5.91 Å². The van der Waals surface area contributed by atoms with E-state index in [0.717, 1.165) is 11.3 Å². The molecule has 136 valence electrons. The van der Waals surface area contributed by atoms with Gasteiger partial charge in [-0.15, -0.1) is 0 Å². The van der Waals surface area contributed by atoms with Gasteiger partial charge in [-0.3, -0.25) is 14.5 Å². The Morgan fingerprint density at radius 2 is 1.96 bits per heavy atom. The fraction of sp³-hybridized carbons (Fsp3) is 0.300. The highest BCUT2D eigenvalue weighted by Gasteiger charge is 2.28. The van der Waals surface area contributed by atoms with E-state index in [0.29, 0.717) is 16.5 Å². The molecule has 1 heterocycles. The number of halogens is 1. The van der Waals surface area contributed by atoms with Crippen molar-refractivity contribution in [2.75, 3.05) is 23.4 Å². The molecule has 5 nitrogen and oxygen atoms in total. The summed E-state index contributed by atoms with van der Waals surface area (Å²) in [6.45, 7) is 6.06. The first-order valence-corrected chi connectivity index (χ1v) is 8.75. The lowest BCUT2D eigenvalue weighted by molar-refractivity contribution is -0.123. The number of benzene rings is 2. The monoisotopic (exact) mass is 372 g/mol. The standard InChI is InChI=1S/C20H21ClN2O3/c1-20(2,3)14-6-4-5-7-15(14)22-18(24)11-23-16-10-13(21)8-9-17(16)26-12-19(23)25/h4-10H,11-12H2,1-3H3,(H,22,24). The van der Waals surface area contributed by atoms with Crippen LogP contribution in [0.1, 0.15) is 26.3 Å². The van der Waals surface area contributed by atoms with Gasteiger partial charge >= 0.3 is 0 Å². The molecule has 2 aromatic carbocycles. The maximum absolute atomic E-state index is 12.6. The molecule has 2 amide bonds. The van der Waals surface area contributed by atoms with E-state index in [1.807, 2.05) is 24.3 Å². The van der Waals surface area contributed by atoms with Crippen LogP contribution in [0.2, 0.25) is 5.02 Å². The van der Waals surface area contributed by atoms with Crippen LogP contribution in [-0.2, 0) is 15.0 Å². The number of carbonyl (C=O) groups is 2. The fourth-order valence-corrected chi connectivity index (χ4v) is 3.09. The molecule has 0 aromatic heterocycles. The van der Waals surface area contributed by atoms with Crippen molar-refractivity contribution in [3.63, 3.8) is 0 Å². The Morgan fingerprint density at radius 3 is 2.69 bits per heavy atom. The Balaban J connectivity index is 1.82. The van der Waals surface area contributed by atoms with Crippen molar-refractivity contribution in [1.82, 2.24) is 0 Å². The minimum absolute atomic E-state index is 0.0967. The molecular weight excluding hydrogens is 352 g/mol. The van der Waals surface area contributed by atoms with Gasteiger partial charge in [0.1, 0.15) is 12.3 Å². The van der Waals surface area contributed by atoms with E-state index in [2.05, 4.69) is 26.1 Å². The summed E-state index contributed by atoms with van der Waals surface area (Å²) < 4.78 is 5.40. The average molecular weight is 373 g/mol. The second-order valence-electron chi connectivity index (χ2n) is 7.22. The summed E-state index contributed by atoms with van der Waals surface area (Å²) in [6.07, 6.45) is 0. The van der Waals surface area contributed by atoms with Crippen LogP contribution in [0.3, 0.4) is 0 Å². The smallest absolute Gasteiger partial charge is 0.265 e. The van der Waals surface area contributed by atoms with Gasteiger partial charge in [0.15, 0.2) is 6.61 Å². The number of carbonyl (C=O) groups excluding carboxylic acids is 2. The largest absolute Gasteiger partial charge is 0.482 e. The quantitative estimate of drug-likeness (QED) is 0.885. The first-order valence-electron chi connectivity index (χ1n) is 8.38. The van der Waals surface area contributed by atoms with Gasteiger partial charge in [-0.05, 0) is 35.2 Å². The van der Waals surface area contributed by atoms with E-state index in [1.54, 1.807) is 18.2 Å². The second kappa shape index (κ2) is 7.00. The summed E-state index contributed by atoms with van der Waals surface area (Å²) >= 11 is 6.03. The van der Waals surface area contributed by atoms with E-state index in [9.17, 15) is 9.59 Å². The van der Waals surface area contributed by atoms with Crippen molar-refractivity contribution in [1.29, 1.82) is 0 Å². The number of para-hydroxylation sites is 1. The van der Waals surface area contributed by atoms with Crippen LogP contribution in [0.4, 0.5) is 11.4 Å². The number of hydrogen-bond donors (Lipinski definition) is 1. The molecule has 0 fully saturated rings. The topological polar surface area (TPSA) is 58.6 Å². The van der Waals surface area contributed by atoms with Crippen LogP contribution in [0.25, 0.3) is 0 Å². The van der Waals surface area contributed by atoms with Gasteiger partial charge in [0.05, 0.1) is 5.69 Å². The van der Waals surface area contributed by atoms with Crippen molar-refractivity contribution in [3.05, 3.63) is 53.1 Å². The van der Waals surface area contributed by atoms with Gasteiger partial charge in [-0.2, -0.15) is 0 Å². The van der Waals surface area contributed by atoms with Crippen LogP contribution in [0.15, 0.2) is 42.5 Å². The highest BCUT2D eigenvalue weighted by molar-refractivity contribution is 6.31. The van der Waals surface area contributed by atoms with Gasteiger partial charge in [0, 0.05) is 10.7 Å². The number of hydrogen-bond acceptors (Lipinski definition) is 3. The molecule has 0 radical (unpaired) electrons. The van der Waals surface area contributed by atoms with E-state index >= 15 is 0 Å². The van der Waals surface area contributed by atoms with Gasteiger partial charge in [-0.25, -0.2) is 0 Å². The number of nitrogens with zero attached hydrogens (tertiary/aromatic N) is 1. The summed E-state index contributed by atoms with van der Waals surface area (Å²) in [6, 6.07) is 12.7. The Kier molecular flexibility index (Phi) is 4.92. The molecule has 3 rings (SSSR count). The lowest BCUT2D eigenvalue weighted by Gasteiger charge is -2.29. The number of ether oxygens (including phenoxy) is 1. The fourth-order valence-electron chi connectivity index (χ4n) is 2.93. The van der Waals surface area contributed by atoms with Gasteiger partial charge in [-0.1, -0.05) is 50.6 Å². The van der Waals surface area contributed by atoms with Crippen molar-refractivity contribution >= 4 is 34.8 Å². The molecule has 0 saturated heterocycles. The average Bonchev–Trinajstić information content (AvgIpc) is 2.57. The number of nitrogens with one attached hydrogen (secondary N) is 1. The predicted octanol–water partition coefficient (Wildman–Crippen LogP) is 4.00. The van der Waals surface area contributed by atoms with Crippen LogP contribution in [0, 0.1) is 0 Å². The zero-order valence-electron chi connectivity index (χ0n) is 15.0. The molecule has 1 aliphatic heterocycles. The minimum Gasteiger partial charge on any atom is -0.482 e. The maximum Gasteiger partial charge on any atom is 0.265 e. The number of rotatable bonds is 3. The van der Waals surface area contributed by atoms with Crippen LogP contribution >= 0.6 is 11.6 Å². The SMILES string of the molecule is CC(C)(C)c1ccccc1NC(=O)CN1C(=O)COc2ccc(Cl)cc21. The molecule has 0 atom stereocenters. The molecule has 6 heteroatoms. The first kappa shape index (κ1) is 18.3. The summed E-state index contributed by atoms with van der Waals surface area (Å²) in [7, 11) is 0. The molecular formula is C20H21ClN2O3. The number of fused-ring (bicyclic) bond motifs is 1. The van der Waals surface area contributed by atoms with Crippen molar-refractivity contribution in [2.45, 2.75) is 26.2 Å².